The molecule has 142 valence electrons. The van der Waals surface area contributed by atoms with Gasteiger partial charge in [0.25, 0.3) is 0 Å². The van der Waals surface area contributed by atoms with E-state index in [1.54, 1.807) is 19.1 Å². The first-order valence-electron chi connectivity index (χ1n) is 7.92. The molecule has 0 spiro atoms. The Kier molecular flexibility index (Phi) is 6.47. The molecule has 26 heavy (non-hydrogen) atoms. The zero-order valence-electron chi connectivity index (χ0n) is 14.6. The zero-order valence-corrected chi connectivity index (χ0v) is 15.4. The van der Waals surface area contributed by atoms with Crippen LogP contribution in [0.5, 0.6) is 5.75 Å². The molecule has 0 radical (unpaired) electrons. The van der Waals surface area contributed by atoms with E-state index in [-0.39, 0.29) is 23.9 Å². The quantitative estimate of drug-likeness (QED) is 0.766. The number of hydrogen-bond acceptors (Lipinski definition) is 4. The number of thiazole rings is 1. The van der Waals surface area contributed by atoms with Crippen molar-refractivity contribution in [3.05, 3.63) is 45.9 Å². The maximum atomic E-state index is 12.1. The first kappa shape index (κ1) is 20.0. The van der Waals surface area contributed by atoms with Gasteiger partial charge in [0.1, 0.15) is 10.8 Å². The summed E-state index contributed by atoms with van der Waals surface area (Å²) < 4.78 is 41.1. The summed E-state index contributed by atoms with van der Waals surface area (Å²) >= 11 is 1.48. The number of aromatic nitrogens is 1. The van der Waals surface area contributed by atoms with E-state index in [4.69, 9.17) is 0 Å². The molecule has 0 saturated carbocycles. The number of carbonyl (C=O) groups is 1. The predicted molar refractivity (Wildman–Crippen MR) is 93.3 cm³/mol. The van der Waals surface area contributed by atoms with Crippen LogP contribution in [-0.4, -0.2) is 23.8 Å². The molecule has 2 atom stereocenters. The summed E-state index contributed by atoms with van der Waals surface area (Å²) in [6, 6.07) is 5.22. The third-order valence-electron chi connectivity index (χ3n) is 3.48. The molecule has 2 aromatic rings. The van der Waals surface area contributed by atoms with E-state index in [0.29, 0.717) is 0 Å². The lowest BCUT2D eigenvalue weighted by molar-refractivity contribution is -0.153. The number of ether oxygens (including phenoxy) is 1. The summed E-state index contributed by atoms with van der Waals surface area (Å²) in [5.74, 6) is 0.121. The maximum absolute atomic E-state index is 12.1. The lowest BCUT2D eigenvalue weighted by Gasteiger charge is -2.18. The Morgan fingerprint density at radius 2 is 1.81 bits per heavy atom. The lowest BCUT2D eigenvalue weighted by Crippen LogP contribution is -2.38. The summed E-state index contributed by atoms with van der Waals surface area (Å²) in [4.78, 5) is 16.4. The Balaban J connectivity index is 1.86. The van der Waals surface area contributed by atoms with Gasteiger partial charge in [-0.15, -0.1) is 11.3 Å². The Labute approximate surface area is 153 Å². The van der Waals surface area contributed by atoms with Crippen molar-refractivity contribution in [2.45, 2.75) is 39.0 Å². The Morgan fingerprint density at radius 1 is 1.19 bits per heavy atom. The number of alkyl halides is 3. The second-order valence-electron chi connectivity index (χ2n) is 5.86. The van der Waals surface area contributed by atoms with Gasteiger partial charge >= 0.3 is 12.2 Å². The molecular weight excluding hydrogens is 367 g/mol. The van der Waals surface area contributed by atoms with E-state index in [2.05, 4.69) is 20.4 Å². The van der Waals surface area contributed by atoms with Crippen LogP contribution >= 0.6 is 11.3 Å². The first-order chi connectivity index (χ1) is 12.1. The lowest BCUT2D eigenvalue weighted by atomic mass is 10.1. The third-order valence-corrected chi connectivity index (χ3v) is 4.63. The van der Waals surface area contributed by atoms with Crippen LogP contribution in [0.25, 0.3) is 0 Å². The minimum absolute atomic E-state index is 0.121. The first-order valence-corrected chi connectivity index (χ1v) is 8.80. The molecule has 1 heterocycles. The average molecular weight is 387 g/mol. The summed E-state index contributed by atoms with van der Waals surface area (Å²) in [6.07, 6.45) is -4.38. The number of nitrogens with one attached hydrogen (secondary N) is 2. The van der Waals surface area contributed by atoms with Crippen LogP contribution in [-0.2, 0) is 0 Å². The van der Waals surface area contributed by atoms with Crippen LogP contribution in [0.3, 0.4) is 0 Å². The molecular formula is C17H20F3N3O2S. The van der Waals surface area contributed by atoms with Crippen molar-refractivity contribution in [2.75, 3.05) is 6.61 Å². The van der Waals surface area contributed by atoms with Crippen LogP contribution in [0, 0.1) is 6.92 Å². The molecule has 0 fully saturated rings. The van der Waals surface area contributed by atoms with Crippen molar-refractivity contribution in [2.24, 2.45) is 0 Å². The molecule has 0 bridgehead atoms. The molecule has 0 saturated heterocycles. The number of carbonyl (C=O) groups excluding carboxylic acids is 1. The van der Waals surface area contributed by atoms with Gasteiger partial charge in [0.2, 0.25) is 0 Å². The Hall–Kier alpha value is -2.29. The fraction of sp³-hybridized carbons (Fsp3) is 0.412. The average Bonchev–Trinajstić information content (AvgIpc) is 2.99. The number of nitrogens with zero attached hydrogens (tertiary/aromatic N) is 1. The molecule has 2 N–H and O–H groups in total. The van der Waals surface area contributed by atoms with E-state index in [0.717, 1.165) is 16.3 Å². The second-order valence-corrected chi connectivity index (χ2v) is 6.75. The van der Waals surface area contributed by atoms with Gasteiger partial charge < -0.3 is 15.4 Å². The predicted octanol–water partition coefficient (Wildman–Crippen LogP) is 4.51. The van der Waals surface area contributed by atoms with Crippen LogP contribution < -0.4 is 15.4 Å². The van der Waals surface area contributed by atoms with E-state index >= 15 is 0 Å². The summed E-state index contributed by atoms with van der Waals surface area (Å²) in [6.45, 7) is 4.17. The highest BCUT2D eigenvalue weighted by molar-refractivity contribution is 7.09. The van der Waals surface area contributed by atoms with Crippen molar-refractivity contribution in [3.63, 3.8) is 0 Å². The SMILES string of the molecule is Cc1csc(C(C)NC(=O)NC(C)c2ccc(OCC(F)(F)F)cc2)n1. The molecule has 5 nitrogen and oxygen atoms in total. The van der Waals surface area contributed by atoms with Crippen LogP contribution in [0.4, 0.5) is 18.0 Å². The second kappa shape index (κ2) is 8.39. The molecule has 2 rings (SSSR count). The molecule has 1 aromatic carbocycles. The number of hydrogen-bond donors (Lipinski definition) is 2. The maximum Gasteiger partial charge on any atom is 0.422 e. The van der Waals surface area contributed by atoms with Crippen molar-refractivity contribution in [3.8, 4) is 5.75 Å². The fourth-order valence-electron chi connectivity index (χ4n) is 2.17. The molecule has 9 heteroatoms. The Bertz CT molecular complexity index is 732. The van der Waals surface area contributed by atoms with Crippen LogP contribution in [0.1, 0.15) is 42.2 Å². The molecule has 0 aliphatic rings. The zero-order chi connectivity index (χ0) is 19.3. The monoisotopic (exact) mass is 387 g/mol. The van der Waals surface area contributed by atoms with Crippen LogP contribution in [0.2, 0.25) is 0 Å². The molecule has 2 amide bonds. The number of halogens is 3. The minimum Gasteiger partial charge on any atom is -0.484 e. The van der Waals surface area contributed by atoms with E-state index in [9.17, 15) is 18.0 Å². The number of urea groups is 1. The standard InChI is InChI=1S/C17H20F3N3O2S/c1-10-8-26-15(21-10)12(3)23-16(24)22-11(2)13-4-6-14(7-5-13)25-9-17(18,19)20/h4-8,11-12H,9H2,1-3H3,(H2,22,23,24). The van der Waals surface area contributed by atoms with Gasteiger partial charge in [-0.05, 0) is 38.5 Å². The normalized spacial score (nSPS) is 13.8. The highest BCUT2D eigenvalue weighted by atomic mass is 32.1. The number of aryl methyl sites for hydroxylation is 1. The van der Waals surface area contributed by atoms with Gasteiger partial charge in [-0.1, -0.05) is 12.1 Å². The van der Waals surface area contributed by atoms with E-state index in [1.165, 1.54) is 23.5 Å². The number of benzene rings is 1. The van der Waals surface area contributed by atoms with Crippen molar-refractivity contribution in [1.82, 2.24) is 15.6 Å². The van der Waals surface area contributed by atoms with Gasteiger partial charge in [0, 0.05) is 11.1 Å². The van der Waals surface area contributed by atoms with Gasteiger partial charge in [-0.3, -0.25) is 0 Å². The van der Waals surface area contributed by atoms with E-state index in [1.807, 2.05) is 19.2 Å². The van der Waals surface area contributed by atoms with Crippen molar-refractivity contribution >= 4 is 17.4 Å². The van der Waals surface area contributed by atoms with Crippen LogP contribution in [0.15, 0.2) is 29.6 Å². The van der Waals surface area contributed by atoms with Gasteiger partial charge in [0.05, 0.1) is 12.1 Å². The molecule has 1 aromatic heterocycles. The van der Waals surface area contributed by atoms with Gasteiger partial charge in [-0.2, -0.15) is 13.2 Å². The number of rotatable bonds is 6. The largest absolute Gasteiger partial charge is 0.484 e. The van der Waals surface area contributed by atoms with E-state index < -0.39 is 12.8 Å². The van der Waals surface area contributed by atoms with Gasteiger partial charge in [-0.25, -0.2) is 9.78 Å². The highest BCUT2D eigenvalue weighted by Crippen LogP contribution is 2.21. The van der Waals surface area contributed by atoms with Crippen molar-refractivity contribution in [1.29, 1.82) is 0 Å². The van der Waals surface area contributed by atoms with Crippen molar-refractivity contribution < 1.29 is 22.7 Å². The molecule has 0 aliphatic carbocycles. The smallest absolute Gasteiger partial charge is 0.422 e. The fourth-order valence-corrected chi connectivity index (χ4v) is 2.97. The summed E-state index contributed by atoms with van der Waals surface area (Å²) in [5, 5.41) is 8.32. The molecule has 2 unspecified atom stereocenters. The number of amides is 2. The third kappa shape index (κ3) is 6.21. The topological polar surface area (TPSA) is 63.2 Å². The summed E-state index contributed by atoms with van der Waals surface area (Å²) in [7, 11) is 0. The minimum atomic E-state index is -4.38. The summed E-state index contributed by atoms with van der Waals surface area (Å²) in [5.41, 5.74) is 1.65. The molecule has 0 aliphatic heterocycles. The Morgan fingerprint density at radius 3 is 2.35 bits per heavy atom. The van der Waals surface area contributed by atoms with Gasteiger partial charge in [0.15, 0.2) is 6.61 Å². The highest BCUT2D eigenvalue weighted by Gasteiger charge is 2.28.